The number of aryl methyl sites for hydroxylation is 1. The van der Waals surface area contributed by atoms with Crippen molar-refractivity contribution in [3.8, 4) is 0 Å². The monoisotopic (exact) mass is 263 g/mol. The van der Waals surface area contributed by atoms with Gasteiger partial charge in [0.25, 0.3) is 0 Å². The maximum absolute atomic E-state index is 13.5. The van der Waals surface area contributed by atoms with Gasteiger partial charge in [0.05, 0.1) is 0 Å². The van der Waals surface area contributed by atoms with Gasteiger partial charge in [0.1, 0.15) is 5.82 Å². The highest BCUT2D eigenvalue weighted by Gasteiger charge is 2.13. The summed E-state index contributed by atoms with van der Waals surface area (Å²) in [4.78, 5) is 1.36. The van der Waals surface area contributed by atoms with E-state index in [2.05, 4.69) is 17.5 Å². The molecule has 1 atom stereocenters. The molecule has 0 amide bonds. The SMILES string of the molecule is NCCC(CCc1ccccc1F)c1cccs1. The van der Waals surface area contributed by atoms with E-state index >= 15 is 0 Å². The molecule has 0 aliphatic carbocycles. The van der Waals surface area contributed by atoms with Gasteiger partial charge in [0.2, 0.25) is 0 Å². The molecule has 0 saturated heterocycles. The zero-order valence-electron chi connectivity index (χ0n) is 10.3. The van der Waals surface area contributed by atoms with Crippen LogP contribution in [0.4, 0.5) is 4.39 Å². The van der Waals surface area contributed by atoms with Gasteiger partial charge in [-0.05, 0) is 54.8 Å². The predicted molar refractivity (Wildman–Crippen MR) is 75.5 cm³/mol. The third kappa shape index (κ3) is 3.40. The Hall–Kier alpha value is -1.19. The molecule has 0 saturated carbocycles. The zero-order chi connectivity index (χ0) is 12.8. The molecular weight excluding hydrogens is 245 g/mol. The van der Waals surface area contributed by atoms with Gasteiger partial charge in [-0.3, -0.25) is 0 Å². The number of rotatable bonds is 6. The molecule has 0 bridgehead atoms. The summed E-state index contributed by atoms with van der Waals surface area (Å²) in [6.45, 7) is 0.680. The molecule has 1 aromatic carbocycles. The van der Waals surface area contributed by atoms with Gasteiger partial charge in [-0.15, -0.1) is 11.3 Å². The minimum absolute atomic E-state index is 0.102. The molecule has 0 radical (unpaired) electrons. The fourth-order valence-corrected chi connectivity index (χ4v) is 3.08. The van der Waals surface area contributed by atoms with E-state index in [0.29, 0.717) is 12.5 Å². The van der Waals surface area contributed by atoms with Gasteiger partial charge in [0.15, 0.2) is 0 Å². The maximum Gasteiger partial charge on any atom is 0.126 e. The lowest BCUT2D eigenvalue weighted by atomic mass is 9.95. The van der Waals surface area contributed by atoms with Crippen molar-refractivity contribution < 1.29 is 4.39 Å². The number of benzene rings is 1. The molecule has 1 nitrogen and oxygen atoms in total. The molecule has 1 heterocycles. The minimum atomic E-state index is -0.102. The molecule has 1 aromatic heterocycles. The van der Waals surface area contributed by atoms with Crippen molar-refractivity contribution in [1.29, 1.82) is 0 Å². The number of nitrogens with two attached hydrogens (primary N) is 1. The Morgan fingerprint density at radius 2 is 1.94 bits per heavy atom. The van der Waals surface area contributed by atoms with Crippen LogP contribution in [0.5, 0.6) is 0 Å². The second kappa shape index (κ2) is 6.66. The van der Waals surface area contributed by atoms with E-state index in [4.69, 9.17) is 5.73 Å². The van der Waals surface area contributed by atoms with Crippen molar-refractivity contribution in [3.05, 3.63) is 58.0 Å². The van der Waals surface area contributed by atoms with E-state index in [0.717, 1.165) is 24.8 Å². The first-order valence-corrected chi connectivity index (χ1v) is 7.16. The molecule has 0 spiro atoms. The van der Waals surface area contributed by atoms with Crippen molar-refractivity contribution >= 4 is 11.3 Å². The van der Waals surface area contributed by atoms with Gasteiger partial charge in [0, 0.05) is 4.88 Å². The van der Waals surface area contributed by atoms with E-state index in [1.165, 1.54) is 10.9 Å². The highest BCUT2D eigenvalue weighted by molar-refractivity contribution is 7.10. The van der Waals surface area contributed by atoms with E-state index in [1.54, 1.807) is 17.4 Å². The molecule has 0 aliphatic rings. The Balaban J connectivity index is 2.00. The summed E-state index contributed by atoms with van der Waals surface area (Å²) in [5.74, 6) is 0.352. The molecular formula is C15H18FNS. The normalized spacial score (nSPS) is 12.6. The van der Waals surface area contributed by atoms with Crippen LogP contribution in [0.2, 0.25) is 0 Å². The smallest absolute Gasteiger partial charge is 0.126 e. The Bertz CT molecular complexity index is 467. The number of hydrogen-bond donors (Lipinski definition) is 1. The summed E-state index contributed by atoms with van der Waals surface area (Å²) in [6.07, 6.45) is 2.70. The first-order chi connectivity index (χ1) is 8.81. The fourth-order valence-electron chi connectivity index (χ4n) is 2.18. The van der Waals surface area contributed by atoms with Crippen molar-refractivity contribution in [2.24, 2.45) is 5.73 Å². The van der Waals surface area contributed by atoms with Gasteiger partial charge in [-0.2, -0.15) is 0 Å². The average molecular weight is 263 g/mol. The van der Waals surface area contributed by atoms with E-state index in [1.807, 2.05) is 12.1 Å². The number of halogens is 1. The Morgan fingerprint density at radius 1 is 1.11 bits per heavy atom. The van der Waals surface area contributed by atoms with Crippen molar-refractivity contribution in [3.63, 3.8) is 0 Å². The Labute approximate surface area is 111 Å². The summed E-state index contributed by atoms with van der Waals surface area (Å²) in [7, 11) is 0. The molecule has 0 fully saturated rings. The lowest BCUT2D eigenvalue weighted by molar-refractivity contribution is 0.565. The van der Waals surface area contributed by atoms with E-state index in [9.17, 15) is 4.39 Å². The number of thiophene rings is 1. The standard InChI is InChI=1S/C15H18FNS/c16-14-5-2-1-4-12(14)7-8-13(9-10-17)15-6-3-11-18-15/h1-6,11,13H,7-10,17H2. The Kier molecular flexibility index (Phi) is 4.90. The molecule has 18 heavy (non-hydrogen) atoms. The van der Waals surface area contributed by atoms with Crippen LogP contribution in [-0.2, 0) is 6.42 Å². The molecule has 2 aromatic rings. The van der Waals surface area contributed by atoms with Crippen LogP contribution in [0.3, 0.4) is 0 Å². The van der Waals surface area contributed by atoms with Gasteiger partial charge in [-0.1, -0.05) is 24.3 Å². The largest absolute Gasteiger partial charge is 0.330 e. The molecule has 1 unspecified atom stereocenters. The van der Waals surface area contributed by atoms with Crippen molar-refractivity contribution in [2.75, 3.05) is 6.54 Å². The molecule has 0 aliphatic heterocycles. The second-order valence-corrected chi connectivity index (χ2v) is 5.40. The van der Waals surface area contributed by atoms with Crippen LogP contribution in [0.25, 0.3) is 0 Å². The van der Waals surface area contributed by atoms with Crippen LogP contribution < -0.4 is 5.73 Å². The highest BCUT2D eigenvalue weighted by Crippen LogP contribution is 2.28. The second-order valence-electron chi connectivity index (χ2n) is 4.42. The van der Waals surface area contributed by atoms with Crippen molar-refractivity contribution in [2.45, 2.75) is 25.2 Å². The number of hydrogen-bond acceptors (Lipinski definition) is 2. The van der Waals surface area contributed by atoms with Gasteiger partial charge in [-0.25, -0.2) is 4.39 Å². The summed E-state index contributed by atoms with van der Waals surface area (Å²) >= 11 is 1.76. The maximum atomic E-state index is 13.5. The first kappa shape index (κ1) is 13.2. The molecule has 2 N–H and O–H groups in total. The average Bonchev–Trinajstić information content (AvgIpc) is 2.90. The third-order valence-electron chi connectivity index (χ3n) is 3.18. The van der Waals surface area contributed by atoms with Crippen LogP contribution in [0, 0.1) is 5.82 Å². The van der Waals surface area contributed by atoms with E-state index in [-0.39, 0.29) is 5.82 Å². The van der Waals surface area contributed by atoms with Crippen LogP contribution in [0.15, 0.2) is 41.8 Å². The predicted octanol–water partition coefficient (Wildman–Crippen LogP) is 3.95. The lowest BCUT2D eigenvalue weighted by Gasteiger charge is -2.14. The zero-order valence-corrected chi connectivity index (χ0v) is 11.1. The van der Waals surface area contributed by atoms with Crippen molar-refractivity contribution in [1.82, 2.24) is 0 Å². The van der Waals surface area contributed by atoms with Crippen LogP contribution >= 0.6 is 11.3 Å². The van der Waals surface area contributed by atoms with Gasteiger partial charge < -0.3 is 5.73 Å². The van der Waals surface area contributed by atoms with Crippen LogP contribution in [-0.4, -0.2) is 6.54 Å². The molecule has 96 valence electrons. The van der Waals surface area contributed by atoms with Crippen LogP contribution in [0.1, 0.15) is 29.2 Å². The molecule has 2 rings (SSSR count). The summed E-state index contributed by atoms with van der Waals surface area (Å²) in [5.41, 5.74) is 6.47. The summed E-state index contributed by atoms with van der Waals surface area (Å²) in [5, 5.41) is 2.09. The summed E-state index contributed by atoms with van der Waals surface area (Å²) < 4.78 is 13.5. The first-order valence-electron chi connectivity index (χ1n) is 6.28. The van der Waals surface area contributed by atoms with E-state index < -0.39 is 0 Å². The fraction of sp³-hybridized carbons (Fsp3) is 0.333. The topological polar surface area (TPSA) is 26.0 Å². The highest BCUT2D eigenvalue weighted by atomic mass is 32.1. The summed E-state index contributed by atoms with van der Waals surface area (Å²) in [6, 6.07) is 11.2. The Morgan fingerprint density at radius 3 is 2.61 bits per heavy atom. The molecule has 3 heteroatoms. The lowest BCUT2D eigenvalue weighted by Crippen LogP contribution is -2.07. The quantitative estimate of drug-likeness (QED) is 0.839. The third-order valence-corrected chi connectivity index (χ3v) is 4.22. The minimum Gasteiger partial charge on any atom is -0.330 e. The van der Waals surface area contributed by atoms with Gasteiger partial charge >= 0.3 is 0 Å².